The largest absolute Gasteiger partial charge is 0.389 e. The van der Waals surface area contributed by atoms with Crippen molar-refractivity contribution < 1.29 is 14.3 Å². The van der Waals surface area contributed by atoms with E-state index in [4.69, 9.17) is 0 Å². The molecule has 0 unspecified atom stereocenters. The molecule has 0 radical (unpaired) electrons. The van der Waals surface area contributed by atoms with Crippen molar-refractivity contribution in [3.05, 3.63) is 30.1 Å². The van der Waals surface area contributed by atoms with Crippen molar-refractivity contribution in [1.29, 1.82) is 0 Å². The van der Waals surface area contributed by atoms with Gasteiger partial charge in [0.1, 0.15) is 5.82 Å². The van der Waals surface area contributed by atoms with Gasteiger partial charge in [0.05, 0.1) is 11.4 Å². The minimum Gasteiger partial charge on any atom is -0.389 e. The van der Waals surface area contributed by atoms with Crippen molar-refractivity contribution in [3.8, 4) is 0 Å². The van der Waals surface area contributed by atoms with Crippen LogP contribution in [-0.4, -0.2) is 40.9 Å². The number of thioether (sulfide) groups is 1. The number of carbonyl (C=O) groups is 1. The third-order valence-electron chi connectivity index (χ3n) is 2.23. The van der Waals surface area contributed by atoms with Crippen LogP contribution < -0.4 is 0 Å². The Balaban J connectivity index is 2.43. The van der Waals surface area contributed by atoms with Crippen molar-refractivity contribution in [1.82, 2.24) is 4.90 Å². The van der Waals surface area contributed by atoms with Crippen LogP contribution in [-0.2, 0) is 4.79 Å². The van der Waals surface area contributed by atoms with Crippen LogP contribution >= 0.6 is 11.8 Å². The average molecular weight is 271 g/mol. The summed E-state index contributed by atoms with van der Waals surface area (Å²) < 4.78 is 12.7. The fourth-order valence-corrected chi connectivity index (χ4v) is 2.29. The Morgan fingerprint density at radius 2 is 1.94 bits per heavy atom. The van der Waals surface area contributed by atoms with Crippen LogP contribution in [0.4, 0.5) is 4.39 Å². The number of nitrogens with zero attached hydrogens (tertiary/aromatic N) is 1. The number of benzene rings is 1. The smallest absolute Gasteiger partial charge is 0.232 e. The Morgan fingerprint density at radius 1 is 1.39 bits per heavy atom. The zero-order valence-corrected chi connectivity index (χ0v) is 11.6. The highest BCUT2D eigenvalue weighted by molar-refractivity contribution is 8.00. The highest BCUT2D eigenvalue weighted by atomic mass is 32.2. The summed E-state index contributed by atoms with van der Waals surface area (Å²) in [5.74, 6) is -0.0747. The number of rotatable bonds is 5. The van der Waals surface area contributed by atoms with Gasteiger partial charge >= 0.3 is 0 Å². The Labute approximate surface area is 111 Å². The monoisotopic (exact) mass is 271 g/mol. The van der Waals surface area contributed by atoms with E-state index in [1.54, 1.807) is 33.0 Å². The molecule has 1 aromatic carbocycles. The number of halogens is 1. The maximum Gasteiger partial charge on any atom is 0.232 e. The lowest BCUT2D eigenvalue weighted by molar-refractivity contribution is -0.129. The highest BCUT2D eigenvalue weighted by Crippen LogP contribution is 2.18. The molecule has 0 bridgehead atoms. The fraction of sp³-hybridized carbons (Fsp3) is 0.462. The quantitative estimate of drug-likeness (QED) is 0.834. The standard InChI is InChI=1S/C13H18FNO2S/c1-13(2,17)9-15(3)12(16)8-18-11-6-4-10(14)5-7-11/h4-7,17H,8-9H2,1-3H3. The molecule has 0 saturated carbocycles. The Bertz CT molecular complexity index is 400. The zero-order valence-electron chi connectivity index (χ0n) is 10.8. The molecule has 100 valence electrons. The van der Waals surface area contributed by atoms with Crippen LogP contribution in [0.25, 0.3) is 0 Å². The van der Waals surface area contributed by atoms with Gasteiger partial charge in [0, 0.05) is 18.5 Å². The predicted octanol–water partition coefficient (Wildman–Crippen LogP) is 2.15. The minimum atomic E-state index is -0.898. The molecule has 1 amide bonds. The first-order chi connectivity index (χ1) is 8.28. The van der Waals surface area contributed by atoms with E-state index in [1.807, 2.05) is 0 Å². The van der Waals surface area contributed by atoms with E-state index in [0.717, 1.165) is 4.90 Å². The third kappa shape index (κ3) is 5.51. The molecule has 0 aliphatic heterocycles. The first-order valence-corrected chi connectivity index (χ1v) is 6.61. The van der Waals surface area contributed by atoms with Gasteiger partial charge in [-0.05, 0) is 38.1 Å². The van der Waals surface area contributed by atoms with Crippen LogP contribution in [0.2, 0.25) is 0 Å². The number of likely N-dealkylation sites (N-methyl/N-ethyl adjacent to an activating group) is 1. The van der Waals surface area contributed by atoms with Crippen LogP contribution in [0.15, 0.2) is 29.2 Å². The lowest BCUT2D eigenvalue weighted by Gasteiger charge is -2.25. The van der Waals surface area contributed by atoms with E-state index in [2.05, 4.69) is 0 Å². The van der Waals surface area contributed by atoms with Crippen molar-refractivity contribution in [2.75, 3.05) is 19.3 Å². The summed E-state index contributed by atoms with van der Waals surface area (Å²) in [4.78, 5) is 14.1. The Morgan fingerprint density at radius 3 is 2.44 bits per heavy atom. The second kappa shape index (κ2) is 6.20. The molecule has 18 heavy (non-hydrogen) atoms. The van der Waals surface area contributed by atoms with E-state index in [-0.39, 0.29) is 24.0 Å². The summed E-state index contributed by atoms with van der Waals surface area (Å²) in [6.45, 7) is 3.60. The number of aliphatic hydroxyl groups is 1. The first-order valence-electron chi connectivity index (χ1n) is 5.63. The molecule has 0 spiro atoms. The molecule has 1 N–H and O–H groups in total. The topological polar surface area (TPSA) is 40.5 Å². The molecule has 0 aliphatic carbocycles. The first kappa shape index (κ1) is 15.0. The highest BCUT2D eigenvalue weighted by Gasteiger charge is 2.19. The summed E-state index contributed by atoms with van der Waals surface area (Å²) in [6, 6.07) is 6.02. The normalized spacial score (nSPS) is 11.4. The van der Waals surface area contributed by atoms with E-state index in [9.17, 15) is 14.3 Å². The molecule has 0 aromatic heterocycles. The lowest BCUT2D eigenvalue weighted by Crippen LogP contribution is -2.40. The summed E-state index contributed by atoms with van der Waals surface area (Å²) in [5, 5.41) is 9.61. The van der Waals surface area contributed by atoms with Gasteiger partial charge in [-0.3, -0.25) is 4.79 Å². The minimum absolute atomic E-state index is 0.0635. The Hall–Kier alpha value is -1.07. The van der Waals surface area contributed by atoms with Gasteiger partial charge in [0.2, 0.25) is 5.91 Å². The lowest BCUT2D eigenvalue weighted by atomic mass is 10.1. The Kier molecular flexibility index (Phi) is 5.16. The van der Waals surface area contributed by atoms with Crippen molar-refractivity contribution in [2.24, 2.45) is 0 Å². The van der Waals surface area contributed by atoms with E-state index in [1.165, 1.54) is 28.8 Å². The number of hydrogen-bond acceptors (Lipinski definition) is 3. The van der Waals surface area contributed by atoms with Gasteiger partial charge in [-0.2, -0.15) is 0 Å². The molecular formula is C13H18FNO2S. The van der Waals surface area contributed by atoms with Gasteiger partial charge < -0.3 is 10.0 Å². The van der Waals surface area contributed by atoms with Gasteiger partial charge in [-0.15, -0.1) is 11.8 Å². The number of amides is 1. The van der Waals surface area contributed by atoms with E-state index >= 15 is 0 Å². The molecule has 3 nitrogen and oxygen atoms in total. The van der Waals surface area contributed by atoms with Gasteiger partial charge in [0.15, 0.2) is 0 Å². The fourth-order valence-electron chi connectivity index (χ4n) is 1.45. The molecule has 1 rings (SSSR count). The summed E-state index contributed by atoms with van der Waals surface area (Å²) in [7, 11) is 1.66. The second-order valence-corrected chi connectivity index (χ2v) is 5.85. The molecular weight excluding hydrogens is 253 g/mol. The summed E-state index contributed by atoms with van der Waals surface area (Å²) in [5.41, 5.74) is -0.898. The van der Waals surface area contributed by atoms with Crippen molar-refractivity contribution >= 4 is 17.7 Å². The molecule has 0 atom stereocenters. The van der Waals surface area contributed by atoms with Crippen LogP contribution in [0.5, 0.6) is 0 Å². The van der Waals surface area contributed by atoms with Crippen molar-refractivity contribution in [2.45, 2.75) is 24.3 Å². The summed E-state index contributed by atoms with van der Waals surface area (Å²) in [6.07, 6.45) is 0. The molecule has 0 aliphatic rings. The maximum absolute atomic E-state index is 12.7. The SMILES string of the molecule is CN(CC(C)(C)O)C(=O)CSc1ccc(F)cc1. The van der Waals surface area contributed by atoms with E-state index < -0.39 is 5.60 Å². The van der Waals surface area contributed by atoms with Gasteiger partial charge in [0.25, 0.3) is 0 Å². The molecule has 5 heteroatoms. The second-order valence-electron chi connectivity index (χ2n) is 4.80. The van der Waals surface area contributed by atoms with Gasteiger partial charge in [-0.1, -0.05) is 0 Å². The molecule has 0 heterocycles. The predicted molar refractivity (Wildman–Crippen MR) is 71.1 cm³/mol. The number of hydrogen-bond donors (Lipinski definition) is 1. The molecule has 0 saturated heterocycles. The maximum atomic E-state index is 12.7. The van der Waals surface area contributed by atoms with Crippen molar-refractivity contribution in [3.63, 3.8) is 0 Å². The van der Waals surface area contributed by atoms with Crippen LogP contribution in [0.3, 0.4) is 0 Å². The molecule has 0 fully saturated rings. The summed E-state index contributed by atoms with van der Waals surface area (Å²) >= 11 is 1.35. The van der Waals surface area contributed by atoms with Crippen LogP contribution in [0, 0.1) is 5.82 Å². The average Bonchev–Trinajstić information content (AvgIpc) is 2.25. The van der Waals surface area contributed by atoms with Crippen LogP contribution in [0.1, 0.15) is 13.8 Å². The molecule has 1 aromatic rings. The number of carbonyl (C=O) groups excluding carboxylic acids is 1. The van der Waals surface area contributed by atoms with Gasteiger partial charge in [-0.25, -0.2) is 4.39 Å². The third-order valence-corrected chi connectivity index (χ3v) is 3.22. The van der Waals surface area contributed by atoms with E-state index in [0.29, 0.717) is 0 Å². The zero-order chi connectivity index (χ0) is 13.8.